The lowest BCUT2D eigenvalue weighted by molar-refractivity contribution is 0.139. The van der Waals surface area contributed by atoms with E-state index in [1.54, 1.807) is 12.1 Å². The van der Waals surface area contributed by atoms with Gasteiger partial charge in [-0.05, 0) is 56.0 Å². The predicted molar refractivity (Wildman–Crippen MR) is 84.3 cm³/mol. The van der Waals surface area contributed by atoms with Crippen molar-refractivity contribution in [3.63, 3.8) is 0 Å². The fourth-order valence-corrected chi connectivity index (χ4v) is 2.49. The lowest BCUT2D eigenvalue weighted by Crippen LogP contribution is -2.44. The lowest BCUT2D eigenvalue weighted by atomic mass is 9.91. The highest BCUT2D eigenvalue weighted by atomic mass is 19.1. The molecular weight excluding hydrogens is 251 g/mol. The highest BCUT2D eigenvalue weighted by Gasteiger charge is 2.23. The van der Waals surface area contributed by atoms with Gasteiger partial charge in [0.05, 0.1) is 0 Å². The van der Waals surface area contributed by atoms with Gasteiger partial charge in [-0.1, -0.05) is 32.9 Å². The van der Waals surface area contributed by atoms with E-state index in [-0.39, 0.29) is 11.2 Å². The Balaban J connectivity index is 2.71. The minimum absolute atomic E-state index is 0.116. The second kappa shape index (κ2) is 7.75. The Hall–Kier alpha value is -0.930. The average Bonchev–Trinajstić information content (AvgIpc) is 2.38. The SMILES string of the molecule is CCCN(CC(C)(C)CN)C(C)Cc1cccc(F)c1. The van der Waals surface area contributed by atoms with Gasteiger partial charge in [0.2, 0.25) is 0 Å². The number of rotatable bonds is 8. The van der Waals surface area contributed by atoms with Gasteiger partial charge in [0.25, 0.3) is 0 Å². The maximum absolute atomic E-state index is 13.3. The van der Waals surface area contributed by atoms with Crippen LogP contribution in [-0.4, -0.2) is 30.6 Å². The lowest BCUT2D eigenvalue weighted by Gasteiger charge is -2.36. The Kier molecular flexibility index (Phi) is 6.63. The molecule has 0 aromatic heterocycles. The van der Waals surface area contributed by atoms with Crippen molar-refractivity contribution in [2.24, 2.45) is 11.1 Å². The molecule has 0 spiro atoms. The summed E-state index contributed by atoms with van der Waals surface area (Å²) >= 11 is 0. The van der Waals surface area contributed by atoms with Crippen molar-refractivity contribution in [2.75, 3.05) is 19.6 Å². The molecule has 0 aliphatic heterocycles. The maximum atomic E-state index is 13.3. The summed E-state index contributed by atoms with van der Waals surface area (Å²) in [4.78, 5) is 2.47. The third kappa shape index (κ3) is 5.59. The van der Waals surface area contributed by atoms with Gasteiger partial charge < -0.3 is 5.73 Å². The summed E-state index contributed by atoms with van der Waals surface area (Å²) in [6, 6.07) is 7.30. The summed E-state index contributed by atoms with van der Waals surface area (Å²) in [7, 11) is 0. The van der Waals surface area contributed by atoms with E-state index in [4.69, 9.17) is 5.73 Å². The van der Waals surface area contributed by atoms with E-state index in [9.17, 15) is 4.39 Å². The molecule has 0 amide bonds. The summed E-state index contributed by atoms with van der Waals surface area (Å²) in [5.41, 5.74) is 7.02. The molecule has 1 atom stereocenters. The van der Waals surface area contributed by atoms with E-state index in [1.807, 2.05) is 6.07 Å². The summed E-state index contributed by atoms with van der Waals surface area (Å²) in [5.74, 6) is -0.154. The highest BCUT2D eigenvalue weighted by molar-refractivity contribution is 5.17. The zero-order valence-electron chi connectivity index (χ0n) is 13.3. The molecule has 0 bridgehead atoms. The number of hydrogen-bond donors (Lipinski definition) is 1. The van der Waals surface area contributed by atoms with E-state index >= 15 is 0 Å². The molecule has 1 aromatic carbocycles. The number of hydrogen-bond acceptors (Lipinski definition) is 2. The topological polar surface area (TPSA) is 29.3 Å². The van der Waals surface area contributed by atoms with E-state index < -0.39 is 0 Å². The van der Waals surface area contributed by atoms with Crippen LogP contribution in [0.1, 0.15) is 39.7 Å². The molecule has 2 nitrogen and oxygen atoms in total. The van der Waals surface area contributed by atoms with Crippen molar-refractivity contribution in [1.82, 2.24) is 4.90 Å². The minimum atomic E-state index is -0.154. The Morgan fingerprint density at radius 1 is 1.35 bits per heavy atom. The first-order chi connectivity index (χ1) is 9.38. The highest BCUT2D eigenvalue weighted by Crippen LogP contribution is 2.19. The third-order valence-electron chi connectivity index (χ3n) is 3.74. The summed E-state index contributed by atoms with van der Waals surface area (Å²) < 4.78 is 13.3. The van der Waals surface area contributed by atoms with Crippen LogP contribution in [0, 0.1) is 11.2 Å². The van der Waals surface area contributed by atoms with Crippen molar-refractivity contribution in [2.45, 2.75) is 46.6 Å². The zero-order chi connectivity index (χ0) is 15.2. The summed E-state index contributed by atoms with van der Waals surface area (Å²) in [6.07, 6.45) is 1.99. The van der Waals surface area contributed by atoms with Crippen LogP contribution in [0.3, 0.4) is 0 Å². The second-order valence-electron chi connectivity index (χ2n) is 6.52. The third-order valence-corrected chi connectivity index (χ3v) is 3.74. The fraction of sp³-hybridized carbons (Fsp3) is 0.647. The van der Waals surface area contributed by atoms with Gasteiger partial charge in [-0.3, -0.25) is 4.90 Å². The molecule has 0 fully saturated rings. The first-order valence-electron chi connectivity index (χ1n) is 7.56. The number of benzene rings is 1. The quantitative estimate of drug-likeness (QED) is 0.790. The van der Waals surface area contributed by atoms with Crippen LogP contribution in [-0.2, 0) is 6.42 Å². The smallest absolute Gasteiger partial charge is 0.123 e. The van der Waals surface area contributed by atoms with Crippen molar-refractivity contribution < 1.29 is 4.39 Å². The first kappa shape index (κ1) is 17.1. The van der Waals surface area contributed by atoms with Crippen molar-refractivity contribution >= 4 is 0 Å². The largest absolute Gasteiger partial charge is 0.330 e. The van der Waals surface area contributed by atoms with Gasteiger partial charge in [0.15, 0.2) is 0 Å². The molecule has 1 unspecified atom stereocenters. The molecule has 3 heteroatoms. The standard InChI is InChI=1S/C17H29FN2/c1-5-9-20(13-17(3,4)12-19)14(2)10-15-7-6-8-16(18)11-15/h6-8,11,14H,5,9-10,12-13,19H2,1-4H3. The van der Waals surface area contributed by atoms with Crippen LogP contribution in [0.15, 0.2) is 24.3 Å². The van der Waals surface area contributed by atoms with Gasteiger partial charge in [0.1, 0.15) is 5.82 Å². The van der Waals surface area contributed by atoms with E-state index in [2.05, 4.69) is 32.6 Å². The van der Waals surface area contributed by atoms with Crippen LogP contribution in [0.2, 0.25) is 0 Å². The molecule has 0 aliphatic carbocycles. The van der Waals surface area contributed by atoms with E-state index in [0.717, 1.165) is 31.5 Å². The Morgan fingerprint density at radius 3 is 2.60 bits per heavy atom. The van der Waals surface area contributed by atoms with E-state index in [1.165, 1.54) is 6.07 Å². The molecule has 0 saturated heterocycles. The Morgan fingerprint density at radius 2 is 2.05 bits per heavy atom. The molecule has 1 rings (SSSR count). The van der Waals surface area contributed by atoms with Crippen LogP contribution in [0.25, 0.3) is 0 Å². The molecule has 114 valence electrons. The molecule has 20 heavy (non-hydrogen) atoms. The Bertz CT molecular complexity index is 404. The van der Waals surface area contributed by atoms with Gasteiger partial charge in [-0.15, -0.1) is 0 Å². The first-order valence-corrected chi connectivity index (χ1v) is 7.56. The van der Waals surface area contributed by atoms with Gasteiger partial charge in [-0.25, -0.2) is 4.39 Å². The van der Waals surface area contributed by atoms with E-state index in [0.29, 0.717) is 12.6 Å². The molecule has 0 heterocycles. The average molecular weight is 280 g/mol. The van der Waals surface area contributed by atoms with Crippen molar-refractivity contribution in [3.05, 3.63) is 35.6 Å². The predicted octanol–water partition coefficient (Wildman–Crippen LogP) is 3.45. The zero-order valence-corrected chi connectivity index (χ0v) is 13.3. The van der Waals surface area contributed by atoms with Crippen LogP contribution >= 0.6 is 0 Å². The normalized spacial score (nSPS) is 13.8. The molecule has 1 aromatic rings. The second-order valence-corrected chi connectivity index (χ2v) is 6.52. The van der Waals surface area contributed by atoms with Crippen molar-refractivity contribution in [1.29, 1.82) is 0 Å². The van der Waals surface area contributed by atoms with Crippen LogP contribution < -0.4 is 5.73 Å². The van der Waals surface area contributed by atoms with Gasteiger partial charge in [0, 0.05) is 12.6 Å². The summed E-state index contributed by atoms with van der Waals surface area (Å²) in [6.45, 7) is 11.5. The monoisotopic (exact) mass is 280 g/mol. The number of nitrogens with two attached hydrogens (primary N) is 1. The number of nitrogens with zero attached hydrogens (tertiary/aromatic N) is 1. The van der Waals surface area contributed by atoms with Gasteiger partial charge in [-0.2, -0.15) is 0 Å². The molecule has 0 aliphatic rings. The molecular formula is C17H29FN2. The number of halogens is 1. The fourth-order valence-electron chi connectivity index (χ4n) is 2.49. The molecule has 0 saturated carbocycles. The maximum Gasteiger partial charge on any atom is 0.123 e. The molecule has 2 N–H and O–H groups in total. The Labute approximate surface area is 123 Å². The van der Waals surface area contributed by atoms with Crippen LogP contribution in [0.4, 0.5) is 4.39 Å². The van der Waals surface area contributed by atoms with Crippen molar-refractivity contribution in [3.8, 4) is 0 Å². The minimum Gasteiger partial charge on any atom is -0.330 e. The summed E-state index contributed by atoms with van der Waals surface area (Å²) in [5, 5.41) is 0. The van der Waals surface area contributed by atoms with Gasteiger partial charge >= 0.3 is 0 Å². The van der Waals surface area contributed by atoms with Crippen LogP contribution in [0.5, 0.6) is 0 Å². The molecule has 0 radical (unpaired) electrons.